The van der Waals surface area contributed by atoms with E-state index in [0.717, 1.165) is 0 Å². The quantitative estimate of drug-likeness (QED) is 0.872. The molecule has 0 aromatic carbocycles. The van der Waals surface area contributed by atoms with Gasteiger partial charge in [-0.25, -0.2) is 4.79 Å². The molecule has 2 aromatic rings. The highest BCUT2D eigenvalue weighted by Crippen LogP contribution is 2.17. The SMILES string of the molecule is Cc1oc(C(=O)O)cc1COc1cnn(C)c1. The molecule has 6 nitrogen and oxygen atoms in total. The number of carbonyl (C=O) groups is 1. The molecule has 0 bridgehead atoms. The highest BCUT2D eigenvalue weighted by atomic mass is 16.5. The van der Waals surface area contributed by atoms with Crippen molar-refractivity contribution < 1.29 is 19.1 Å². The lowest BCUT2D eigenvalue weighted by Gasteiger charge is -2.00. The van der Waals surface area contributed by atoms with Crippen molar-refractivity contribution in [1.82, 2.24) is 9.78 Å². The minimum absolute atomic E-state index is 0.0766. The van der Waals surface area contributed by atoms with E-state index < -0.39 is 5.97 Å². The molecule has 17 heavy (non-hydrogen) atoms. The first-order valence-corrected chi connectivity index (χ1v) is 5.00. The van der Waals surface area contributed by atoms with E-state index in [0.29, 0.717) is 17.1 Å². The van der Waals surface area contributed by atoms with E-state index in [9.17, 15) is 4.79 Å². The van der Waals surface area contributed by atoms with Gasteiger partial charge in [0.15, 0.2) is 5.75 Å². The zero-order chi connectivity index (χ0) is 12.4. The molecular weight excluding hydrogens is 224 g/mol. The van der Waals surface area contributed by atoms with E-state index in [4.69, 9.17) is 14.3 Å². The van der Waals surface area contributed by atoms with Crippen LogP contribution in [0.3, 0.4) is 0 Å². The van der Waals surface area contributed by atoms with Crippen molar-refractivity contribution in [3.05, 3.63) is 35.5 Å². The minimum Gasteiger partial charge on any atom is -0.485 e. The summed E-state index contributed by atoms with van der Waals surface area (Å²) >= 11 is 0. The van der Waals surface area contributed by atoms with E-state index >= 15 is 0 Å². The van der Waals surface area contributed by atoms with Gasteiger partial charge in [0.2, 0.25) is 5.76 Å². The molecule has 0 unspecified atom stereocenters. The molecule has 0 atom stereocenters. The highest BCUT2D eigenvalue weighted by molar-refractivity contribution is 5.84. The van der Waals surface area contributed by atoms with Gasteiger partial charge in [-0.05, 0) is 13.0 Å². The van der Waals surface area contributed by atoms with Gasteiger partial charge in [0, 0.05) is 12.6 Å². The van der Waals surface area contributed by atoms with Crippen LogP contribution in [0.4, 0.5) is 0 Å². The number of hydrogen-bond acceptors (Lipinski definition) is 4. The molecule has 0 fully saturated rings. The zero-order valence-electron chi connectivity index (χ0n) is 9.51. The molecule has 0 amide bonds. The predicted octanol–water partition coefficient (Wildman–Crippen LogP) is 1.60. The van der Waals surface area contributed by atoms with Crippen molar-refractivity contribution in [3.63, 3.8) is 0 Å². The number of hydrogen-bond donors (Lipinski definition) is 1. The molecule has 2 rings (SSSR count). The Labute approximate surface area is 97.4 Å². The summed E-state index contributed by atoms with van der Waals surface area (Å²) in [7, 11) is 1.79. The largest absolute Gasteiger partial charge is 0.485 e. The van der Waals surface area contributed by atoms with Crippen molar-refractivity contribution in [2.45, 2.75) is 13.5 Å². The summed E-state index contributed by atoms with van der Waals surface area (Å²) in [5.74, 6) is 0.0179. The monoisotopic (exact) mass is 236 g/mol. The summed E-state index contributed by atoms with van der Waals surface area (Å²) in [5.41, 5.74) is 0.714. The van der Waals surface area contributed by atoms with Gasteiger partial charge in [0.25, 0.3) is 0 Å². The molecule has 2 aromatic heterocycles. The molecule has 0 spiro atoms. The fourth-order valence-electron chi connectivity index (χ4n) is 1.40. The van der Waals surface area contributed by atoms with Gasteiger partial charge in [-0.2, -0.15) is 5.10 Å². The van der Waals surface area contributed by atoms with Gasteiger partial charge in [-0.3, -0.25) is 4.68 Å². The van der Waals surface area contributed by atoms with Crippen molar-refractivity contribution in [3.8, 4) is 5.75 Å². The van der Waals surface area contributed by atoms with E-state index in [-0.39, 0.29) is 12.4 Å². The van der Waals surface area contributed by atoms with Crippen LogP contribution in [0.25, 0.3) is 0 Å². The fourth-order valence-corrected chi connectivity index (χ4v) is 1.40. The summed E-state index contributed by atoms with van der Waals surface area (Å²) in [6, 6.07) is 1.47. The van der Waals surface area contributed by atoms with Crippen molar-refractivity contribution in [2.75, 3.05) is 0 Å². The van der Waals surface area contributed by atoms with Crippen LogP contribution in [-0.2, 0) is 13.7 Å². The Morgan fingerprint density at radius 1 is 1.65 bits per heavy atom. The van der Waals surface area contributed by atoms with E-state index in [1.54, 1.807) is 31.0 Å². The molecule has 0 saturated carbocycles. The third-order valence-corrected chi connectivity index (χ3v) is 2.31. The number of furan rings is 1. The highest BCUT2D eigenvalue weighted by Gasteiger charge is 2.13. The van der Waals surface area contributed by atoms with Crippen LogP contribution in [0.5, 0.6) is 5.75 Å². The first-order valence-electron chi connectivity index (χ1n) is 5.00. The lowest BCUT2D eigenvalue weighted by Crippen LogP contribution is -1.95. The standard InChI is InChI=1S/C11H12N2O4/c1-7-8(3-10(17-7)11(14)15)6-16-9-4-12-13(2)5-9/h3-5H,6H2,1-2H3,(H,14,15). The molecule has 90 valence electrons. The Kier molecular flexibility index (Phi) is 2.86. The minimum atomic E-state index is -1.08. The molecule has 0 aliphatic rings. The van der Waals surface area contributed by atoms with Gasteiger partial charge in [-0.1, -0.05) is 0 Å². The van der Waals surface area contributed by atoms with Crippen LogP contribution < -0.4 is 4.74 Å². The lowest BCUT2D eigenvalue weighted by atomic mass is 10.2. The van der Waals surface area contributed by atoms with Gasteiger partial charge < -0.3 is 14.3 Å². The lowest BCUT2D eigenvalue weighted by molar-refractivity contribution is 0.0661. The smallest absolute Gasteiger partial charge is 0.371 e. The number of aromatic carboxylic acids is 1. The average Bonchev–Trinajstić information content (AvgIpc) is 2.82. The second-order valence-corrected chi connectivity index (χ2v) is 3.64. The van der Waals surface area contributed by atoms with Crippen LogP contribution in [0.1, 0.15) is 21.9 Å². The average molecular weight is 236 g/mol. The van der Waals surface area contributed by atoms with Gasteiger partial charge in [-0.15, -0.1) is 0 Å². The molecular formula is C11H12N2O4. The number of aryl methyl sites for hydroxylation is 2. The summed E-state index contributed by atoms with van der Waals surface area (Å²) in [6.45, 7) is 1.96. The number of ether oxygens (including phenoxy) is 1. The topological polar surface area (TPSA) is 77.5 Å². The molecule has 0 aliphatic carbocycles. The number of carboxylic acids is 1. The molecule has 0 saturated heterocycles. The Morgan fingerprint density at radius 3 is 2.94 bits per heavy atom. The second kappa shape index (κ2) is 4.32. The molecule has 0 radical (unpaired) electrons. The zero-order valence-corrected chi connectivity index (χ0v) is 9.51. The maximum atomic E-state index is 10.7. The Morgan fingerprint density at radius 2 is 2.41 bits per heavy atom. The molecule has 6 heteroatoms. The maximum absolute atomic E-state index is 10.7. The van der Waals surface area contributed by atoms with E-state index in [2.05, 4.69) is 5.10 Å². The van der Waals surface area contributed by atoms with Gasteiger partial charge >= 0.3 is 5.97 Å². The summed E-state index contributed by atoms with van der Waals surface area (Å²) < 4.78 is 12.1. The maximum Gasteiger partial charge on any atom is 0.371 e. The Balaban J connectivity index is 2.06. The van der Waals surface area contributed by atoms with Crippen LogP contribution in [-0.4, -0.2) is 20.9 Å². The van der Waals surface area contributed by atoms with Crippen LogP contribution in [0.15, 0.2) is 22.9 Å². The number of rotatable bonds is 4. The van der Waals surface area contributed by atoms with Crippen molar-refractivity contribution in [1.29, 1.82) is 0 Å². The van der Waals surface area contributed by atoms with E-state index in [1.165, 1.54) is 6.07 Å². The van der Waals surface area contributed by atoms with Crippen LogP contribution >= 0.6 is 0 Å². The fraction of sp³-hybridized carbons (Fsp3) is 0.273. The summed E-state index contributed by atoms with van der Waals surface area (Å²) in [6.07, 6.45) is 3.32. The number of carboxylic acid groups (broad SMARTS) is 1. The third-order valence-electron chi connectivity index (χ3n) is 2.31. The molecule has 0 aliphatic heterocycles. The number of nitrogens with zero attached hydrogens (tertiary/aromatic N) is 2. The Hall–Kier alpha value is -2.24. The van der Waals surface area contributed by atoms with Crippen LogP contribution in [0, 0.1) is 6.92 Å². The third kappa shape index (κ3) is 2.47. The second-order valence-electron chi connectivity index (χ2n) is 3.64. The van der Waals surface area contributed by atoms with Crippen molar-refractivity contribution >= 4 is 5.97 Å². The molecule has 2 heterocycles. The van der Waals surface area contributed by atoms with E-state index in [1.807, 2.05) is 0 Å². The summed E-state index contributed by atoms with van der Waals surface area (Å²) in [5, 5.41) is 12.7. The predicted molar refractivity (Wildman–Crippen MR) is 57.9 cm³/mol. The van der Waals surface area contributed by atoms with Gasteiger partial charge in [0.05, 0.1) is 12.4 Å². The normalized spacial score (nSPS) is 10.5. The van der Waals surface area contributed by atoms with Crippen molar-refractivity contribution in [2.24, 2.45) is 7.05 Å². The first kappa shape index (κ1) is 11.3. The number of aromatic nitrogens is 2. The Bertz CT molecular complexity index is 541. The van der Waals surface area contributed by atoms with Gasteiger partial charge in [0.1, 0.15) is 12.4 Å². The van der Waals surface area contributed by atoms with Crippen LogP contribution in [0.2, 0.25) is 0 Å². The first-order chi connectivity index (χ1) is 8.06. The molecule has 1 N–H and O–H groups in total. The summed E-state index contributed by atoms with van der Waals surface area (Å²) in [4.78, 5) is 10.7.